The van der Waals surface area contributed by atoms with E-state index in [2.05, 4.69) is 0 Å². The molecule has 1 atom stereocenters. The molecule has 2 N–H and O–H groups in total. The lowest BCUT2D eigenvalue weighted by Crippen LogP contribution is -2.22. The van der Waals surface area contributed by atoms with Gasteiger partial charge < -0.3 is 5.73 Å². The lowest BCUT2D eigenvalue weighted by molar-refractivity contribution is -0.122. The summed E-state index contributed by atoms with van der Waals surface area (Å²) in [6.07, 6.45) is 0.512. The lowest BCUT2D eigenvalue weighted by Gasteiger charge is -2.05. The van der Waals surface area contributed by atoms with Gasteiger partial charge in [-0.25, -0.2) is 0 Å². The van der Waals surface area contributed by atoms with Gasteiger partial charge in [0.25, 0.3) is 0 Å². The van der Waals surface area contributed by atoms with Crippen molar-refractivity contribution in [3.63, 3.8) is 0 Å². The van der Waals surface area contributed by atoms with Crippen LogP contribution >= 0.6 is 0 Å². The number of carbonyl (C=O) groups excluding carboxylic acids is 1. The third kappa shape index (κ3) is 4.15. The topological polar surface area (TPSA) is 43.1 Å². The van der Waals surface area contributed by atoms with E-state index < -0.39 is 0 Å². The van der Waals surface area contributed by atoms with Crippen molar-refractivity contribution in [2.45, 2.75) is 33.2 Å². The number of hydrogen-bond donors (Lipinski definition) is 1. The molecule has 0 aromatic carbocycles. The molecule has 54 valence electrons. The van der Waals surface area contributed by atoms with E-state index in [0.29, 0.717) is 6.42 Å². The molecule has 0 saturated heterocycles. The molecule has 2 nitrogen and oxygen atoms in total. The minimum Gasteiger partial charge on any atom is -0.328 e. The van der Waals surface area contributed by atoms with Crippen molar-refractivity contribution in [2.75, 3.05) is 0 Å². The second-order valence-corrected chi connectivity index (χ2v) is 2.80. The quantitative estimate of drug-likeness (QED) is 0.616. The van der Waals surface area contributed by atoms with E-state index in [1.807, 2.05) is 20.8 Å². The standard InChI is InChI=1S/C7H15NO/c1-5(2)7(9)4-6(3)8/h5-6H,4,8H2,1-3H3. The van der Waals surface area contributed by atoms with Crippen LogP contribution in [0.1, 0.15) is 27.2 Å². The predicted octanol–water partition coefficient (Wildman–Crippen LogP) is 0.949. The number of nitrogens with two attached hydrogens (primary N) is 1. The maximum Gasteiger partial charge on any atom is 0.136 e. The molecule has 2 heteroatoms. The zero-order valence-corrected chi connectivity index (χ0v) is 6.35. The first kappa shape index (κ1) is 8.63. The molecular formula is C7H15NO. The van der Waals surface area contributed by atoms with Crippen molar-refractivity contribution in [3.8, 4) is 0 Å². The Hall–Kier alpha value is -0.370. The summed E-state index contributed by atoms with van der Waals surface area (Å²) in [7, 11) is 0. The van der Waals surface area contributed by atoms with Gasteiger partial charge in [-0.15, -0.1) is 0 Å². The Morgan fingerprint density at radius 1 is 1.44 bits per heavy atom. The molecule has 0 spiro atoms. The fourth-order valence-corrected chi connectivity index (χ4v) is 0.553. The summed E-state index contributed by atoms with van der Waals surface area (Å²) in [5.74, 6) is 0.390. The molecule has 1 unspecified atom stereocenters. The van der Waals surface area contributed by atoms with E-state index in [1.54, 1.807) is 0 Å². The Kier molecular flexibility index (Phi) is 3.47. The largest absolute Gasteiger partial charge is 0.328 e. The van der Waals surface area contributed by atoms with Crippen molar-refractivity contribution in [3.05, 3.63) is 0 Å². The Labute approximate surface area is 56.4 Å². The molecule has 0 amide bonds. The Bertz CT molecular complexity index is 97.1. The average Bonchev–Trinajstić information content (AvgIpc) is 1.63. The van der Waals surface area contributed by atoms with Gasteiger partial charge in [0.1, 0.15) is 5.78 Å². The van der Waals surface area contributed by atoms with Gasteiger partial charge in [-0.1, -0.05) is 13.8 Å². The molecule has 0 radical (unpaired) electrons. The maximum absolute atomic E-state index is 10.9. The summed E-state index contributed by atoms with van der Waals surface area (Å²) in [6, 6.07) is 0.0138. The zero-order valence-electron chi connectivity index (χ0n) is 6.35. The van der Waals surface area contributed by atoms with Crippen LogP contribution in [0.5, 0.6) is 0 Å². The summed E-state index contributed by atoms with van der Waals surface area (Å²) in [6.45, 7) is 5.63. The maximum atomic E-state index is 10.9. The molecule has 0 aliphatic rings. The minimum atomic E-state index is 0.0138. The zero-order chi connectivity index (χ0) is 7.44. The van der Waals surface area contributed by atoms with Crippen LogP contribution in [0.2, 0.25) is 0 Å². The van der Waals surface area contributed by atoms with Crippen LogP contribution in [0.3, 0.4) is 0 Å². The van der Waals surface area contributed by atoms with Gasteiger partial charge in [-0.05, 0) is 6.92 Å². The van der Waals surface area contributed by atoms with Crippen LogP contribution in [-0.2, 0) is 4.79 Å². The smallest absolute Gasteiger partial charge is 0.136 e. The molecule has 0 heterocycles. The highest BCUT2D eigenvalue weighted by molar-refractivity contribution is 5.80. The normalized spacial score (nSPS) is 13.9. The second kappa shape index (κ2) is 3.62. The number of ketones is 1. The van der Waals surface area contributed by atoms with Crippen molar-refractivity contribution in [2.24, 2.45) is 11.7 Å². The monoisotopic (exact) mass is 129 g/mol. The van der Waals surface area contributed by atoms with Gasteiger partial charge in [-0.3, -0.25) is 4.79 Å². The van der Waals surface area contributed by atoms with Crippen LogP contribution in [0, 0.1) is 5.92 Å². The van der Waals surface area contributed by atoms with Gasteiger partial charge in [0, 0.05) is 18.4 Å². The summed E-state index contributed by atoms with van der Waals surface area (Å²) in [4.78, 5) is 10.9. The molecule has 0 aromatic heterocycles. The van der Waals surface area contributed by atoms with Gasteiger partial charge in [0.2, 0.25) is 0 Å². The summed E-state index contributed by atoms with van der Waals surface area (Å²) in [5.41, 5.74) is 5.41. The number of Topliss-reactive ketones (excluding diaryl/α,β-unsaturated/α-hetero) is 1. The summed E-state index contributed by atoms with van der Waals surface area (Å²) >= 11 is 0. The van der Waals surface area contributed by atoms with E-state index in [1.165, 1.54) is 0 Å². The van der Waals surface area contributed by atoms with E-state index >= 15 is 0 Å². The first-order valence-corrected chi connectivity index (χ1v) is 3.32. The lowest BCUT2D eigenvalue weighted by atomic mass is 10.0. The predicted molar refractivity (Wildman–Crippen MR) is 38.1 cm³/mol. The van der Waals surface area contributed by atoms with Gasteiger partial charge in [0.15, 0.2) is 0 Å². The molecule has 0 fully saturated rings. The molecule has 0 bridgehead atoms. The van der Waals surface area contributed by atoms with Crippen LogP contribution < -0.4 is 5.73 Å². The molecule has 0 aliphatic heterocycles. The first-order valence-electron chi connectivity index (χ1n) is 3.32. The van der Waals surface area contributed by atoms with Gasteiger partial charge in [0.05, 0.1) is 0 Å². The van der Waals surface area contributed by atoms with Crippen LogP contribution in [-0.4, -0.2) is 11.8 Å². The van der Waals surface area contributed by atoms with E-state index in [0.717, 1.165) is 0 Å². The number of carbonyl (C=O) groups is 1. The van der Waals surface area contributed by atoms with Gasteiger partial charge >= 0.3 is 0 Å². The highest BCUT2D eigenvalue weighted by Crippen LogP contribution is 1.99. The van der Waals surface area contributed by atoms with Crippen molar-refractivity contribution in [1.29, 1.82) is 0 Å². The highest BCUT2D eigenvalue weighted by Gasteiger charge is 2.08. The molecule has 0 aromatic rings. The van der Waals surface area contributed by atoms with Crippen molar-refractivity contribution < 1.29 is 4.79 Å². The van der Waals surface area contributed by atoms with Crippen LogP contribution in [0.15, 0.2) is 0 Å². The van der Waals surface area contributed by atoms with Crippen molar-refractivity contribution >= 4 is 5.78 Å². The minimum absolute atomic E-state index is 0.0138. The highest BCUT2D eigenvalue weighted by atomic mass is 16.1. The molecular weight excluding hydrogens is 114 g/mol. The molecule has 9 heavy (non-hydrogen) atoms. The SMILES string of the molecule is CC(N)CC(=O)C(C)C. The fraction of sp³-hybridized carbons (Fsp3) is 0.857. The Morgan fingerprint density at radius 2 is 1.89 bits per heavy atom. The Balaban J connectivity index is 3.51. The van der Waals surface area contributed by atoms with Crippen molar-refractivity contribution in [1.82, 2.24) is 0 Å². The summed E-state index contributed by atoms with van der Waals surface area (Å²) < 4.78 is 0. The van der Waals surface area contributed by atoms with E-state index in [4.69, 9.17) is 5.73 Å². The average molecular weight is 129 g/mol. The molecule has 0 aliphatic carbocycles. The van der Waals surface area contributed by atoms with Gasteiger partial charge in [-0.2, -0.15) is 0 Å². The third-order valence-corrected chi connectivity index (χ3v) is 1.17. The molecule has 0 rings (SSSR count). The van der Waals surface area contributed by atoms with E-state index in [-0.39, 0.29) is 17.7 Å². The van der Waals surface area contributed by atoms with E-state index in [9.17, 15) is 4.79 Å². The van der Waals surface area contributed by atoms with Crippen LogP contribution in [0.4, 0.5) is 0 Å². The number of hydrogen-bond acceptors (Lipinski definition) is 2. The van der Waals surface area contributed by atoms with Crippen LogP contribution in [0.25, 0.3) is 0 Å². The molecule has 0 saturated carbocycles. The second-order valence-electron chi connectivity index (χ2n) is 2.80. The summed E-state index contributed by atoms with van der Waals surface area (Å²) in [5, 5.41) is 0. The third-order valence-electron chi connectivity index (χ3n) is 1.17. The Morgan fingerprint density at radius 3 is 2.00 bits per heavy atom. The number of rotatable bonds is 3. The first-order chi connectivity index (χ1) is 4.04. The fourth-order valence-electron chi connectivity index (χ4n) is 0.553.